The predicted molar refractivity (Wildman–Crippen MR) is 395 cm³/mol. The van der Waals surface area contributed by atoms with Gasteiger partial charge in [0, 0.05) is 151 Å². The van der Waals surface area contributed by atoms with Crippen molar-refractivity contribution in [2.45, 2.75) is 80.0 Å². The number of hydrogen-bond donors (Lipinski definition) is 2. The van der Waals surface area contributed by atoms with Crippen LogP contribution in [0.5, 0.6) is 0 Å². The van der Waals surface area contributed by atoms with E-state index < -0.39 is 35.0 Å². The largest absolute Gasteiger partial charge is 0.443 e. The molecule has 0 radical (unpaired) electrons. The number of nitrogens with two attached hydrogens (primary N) is 1. The minimum Gasteiger partial charge on any atom is -0.443 e. The quantitative estimate of drug-likeness (QED) is 0.102. The molecule has 11 aromatic heterocycles. The fourth-order valence-electron chi connectivity index (χ4n) is 10.7. The van der Waals surface area contributed by atoms with Crippen molar-refractivity contribution in [3.05, 3.63) is 254 Å². The van der Waals surface area contributed by atoms with E-state index in [0.717, 1.165) is 114 Å². The van der Waals surface area contributed by atoms with Crippen LogP contribution in [0.25, 0.3) is 64.8 Å². The Morgan fingerprint density at radius 3 is 1.47 bits per heavy atom. The van der Waals surface area contributed by atoms with E-state index in [9.17, 15) is 22.4 Å². The minimum absolute atomic E-state index is 0.00119. The molecule has 13 aromatic rings. The smallest absolute Gasteiger partial charge is 0.419 e. The molecule has 504 valence electrons. The zero-order valence-corrected chi connectivity index (χ0v) is 60.3. The first-order valence-corrected chi connectivity index (χ1v) is 35.6. The summed E-state index contributed by atoms with van der Waals surface area (Å²) in [5.74, 6) is -2.57. The number of fused-ring (bicyclic) bond motifs is 2. The molecular formula is C73H65BrF4N14O2S5. The molecule has 2 aliphatic rings. The Morgan fingerprint density at radius 1 is 0.576 bits per heavy atom. The number of nitrogens with one attached hydrogen (secondary N) is 1. The van der Waals surface area contributed by atoms with Gasteiger partial charge in [-0.25, -0.2) is 46.9 Å². The minimum atomic E-state index is -0.761. The van der Waals surface area contributed by atoms with E-state index in [0.29, 0.717) is 42.4 Å². The van der Waals surface area contributed by atoms with Crippen molar-refractivity contribution < 1.29 is 27.1 Å². The molecule has 26 heteroatoms. The lowest BCUT2D eigenvalue weighted by molar-refractivity contribution is 0.0535. The Balaban J connectivity index is 0.000000138. The highest BCUT2D eigenvalue weighted by Crippen LogP contribution is 2.41. The molecular weight excluding hydrogens is 1420 g/mol. The van der Waals surface area contributed by atoms with E-state index in [-0.39, 0.29) is 16.8 Å². The summed E-state index contributed by atoms with van der Waals surface area (Å²) in [6.07, 6.45) is 18.2. The van der Waals surface area contributed by atoms with E-state index in [2.05, 4.69) is 65.6 Å². The van der Waals surface area contributed by atoms with Crippen LogP contribution in [0.4, 0.5) is 32.4 Å². The van der Waals surface area contributed by atoms with Crippen LogP contribution < -0.4 is 15.5 Å². The molecule has 0 unspecified atom stereocenters. The molecule has 2 aliphatic heterocycles. The number of pyridine rings is 5. The van der Waals surface area contributed by atoms with Crippen LogP contribution in [0.3, 0.4) is 0 Å². The number of carbonyl (C=O) groups is 1. The van der Waals surface area contributed by atoms with Crippen LogP contribution in [-0.2, 0) is 30.7 Å². The number of nitrogens with zero attached hydrogens (tertiary/aromatic N) is 12. The Morgan fingerprint density at radius 2 is 1.04 bits per heavy atom. The second-order valence-electron chi connectivity index (χ2n) is 23.6. The van der Waals surface area contributed by atoms with Crippen LogP contribution in [0.15, 0.2) is 180 Å². The summed E-state index contributed by atoms with van der Waals surface area (Å²) in [6.45, 7) is 15.8. The number of rotatable bonds is 9. The monoisotopic (exact) mass is 1480 g/mol. The third-order valence-corrected chi connectivity index (χ3v) is 21.1. The van der Waals surface area contributed by atoms with E-state index in [1.807, 2.05) is 112 Å². The number of thiazole rings is 4. The SMILES string of the molecule is Cc1csc(-c2cccnc2)n1.Cc1nc(-c2cccnc2)sc1Br.Cc1nc(-c2cccnc2)sc1N1CCc2[nH]c(-c3c(F)cccc3F)cc2C1.Cc1nc(-c2cccnc2)sc1N1CCc2c(cc(-c3c(F)cccc3F)n2C(=O)OC(C)(C)C)C1.NC(=S)c1cccnc1. The standard InChI is InChI=1S/C27H26F2N4O2S.C22H18F2N4S.C9H7BrN2S.C9H8N2S.C6H6N2S/c1-16-25(36-24(31-16)17-7-6-11-30-14-17)32-12-10-21-18(15-32)13-22(23-19(28)8-5-9-20(23)29)33(21)26(34)35-27(2,3)4;1-13-22(29-21(26-13)14-4-3-8-25-11-14)28-9-7-18-15(12-28)10-19(27-18)20-16(23)5-2-6-17(20)24;1-6-8(10)13-9(12-6)7-3-2-4-11-5-7;1-7-6-12-9(11-7)8-3-2-4-10-5-8;7-6(9)5-2-1-3-8-4-5/h5-9,11,13-14H,10,12,15H2,1-4H3;2-6,8,10-11,27H,7,9,12H2,1H3;2-5H,1H3;2-6H,1H3;1-4H,(H2,7,9). The van der Waals surface area contributed by atoms with E-state index in [1.165, 1.54) is 41.0 Å². The van der Waals surface area contributed by atoms with Gasteiger partial charge in [0.2, 0.25) is 0 Å². The van der Waals surface area contributed by atoms with Gasteiger partial charge < -0.3 is 25.3 Å². The fraction of sp³-hybridized carbons (Fsp3) is 0.192. The third-order valence-electron chi connectivity index (χ3n) is 15.2. The molecule has 16 nitrogen and oxygen atoms in total. The van der Waals surface area contributed by atoms with Crippen molar-refractivity contribution >= 4 is 94.6 Å². The van der Waals surface area contributed by atoms with Gasteiger partial charge in [0.05, 0.1) is 43.4 Å². The van der Waals surface area contributed by atoms with Crippen molar-refractivity contribution in [1.82, 2.24) is 54.4 Å². The first-order valence-electron chi connectivity index (χ1n) is 31.0. The number of benzene rings is 2. The number of halogens is 5. The lowest BCUT2D eigenvalue weighted by Gasteiger charge is -2.29. The topological polar surface area (TPSA) is 196 Å². The molecule has 99 heavy (non-hydrogen) atoms. The molecule has 0 saturated carbocycles. The van der Waals surface area contributed by atoms with Gasteiger partial charge in [0.15, 0.2) is 0 Å². The Labute approximate surface area is 599 Å². The van der Waals surface area contributed by atoms with E-state index in [1.54, 1.807) is 122 Å². The number of aromatic amines is 1. The van der Waals surface area contributed by atoms with Crippen LogP contribution >= 0.6 is 73.5 Å². The van der Waals surface area contributed by atoms with E-state index in [4.69, 9.17) is 32.7 Å². The normalized spacial score (nSPS) is 12.3. The van der Waals surface area contributed by atoms with Gasteiger partial charge in [-0.2, -0.15) is 0 Å². The van der Waals surface area contributed by atoms with Crippen molar-refractivity contribution in [2.75, 3.05) is 22.9 Å². The molecule has 3 N–H and O–H groups in total. The highest BCUT2D eigenvalue weighted by Gasteiger charge is 2.32. The molecule has 13 heterocycles. The number of thiocarbonyl (C=S) groups is 1. The lowest BCUT2D eigenvalue weighted by atomic mass is 10.1. The Bertz CT molecular complexity index is 4850. The number of carbonyl (C=O) groups excluding carboxylic acids is 1. The summed E-state index contributed by atoms with van der Waals surface area (Å²) < 4.78 is 66.0. The molecule has 0 spiro atoms. The molecule has 2 aromatic carbocycles. The van der Waals surface area contributed by atoms with Gasteiger partial charge >= 0.3 is 6.09 Å². The van der Waals surface area contributed by atoms with Gasteiger partial charge in [-0.3, -0.25) is 24.9 Å². The Hall–Kier alpha value is -9.57. The zero-order valence-electron chi connectivity index (χ0n) is 54.7. The second-order valence-corrected chi connectivity index (χ2v) is 29.2. The zero-order chi connectivity index (χ0) is 69.9. The predicted octanol–water partition coefficient (Wildman–Crippen LogP) is 18.5. The number of H-pyrrole nitrogens is 1. The van der Waals surface area contributed by atoms with Crippen molar-refractivity contribution in [2.24, 2.45) is 5.73 Å². The molecule has 0 aliphatic carbocycles. The summed E-state index contributed by atoms with van der Waals surface area (Å²) in [7, 11) is 0. The molecule has 0 saturated heterocycles. The maximum Gasteiger partial charge on any atom is 0.419 e. The van der Waals surface area contributed by atoms with Gasteiger partial charge in [0.1, 0.15) is 63.9 Å². The molecule has 0 fully saturated rings. The van der Waals surface area contributed by atoms with Crippen LogP contribution in [0.2, 0.25) is 0 Å². The summed E-state index contributed by atoms with van der Waals surface area (Å²) in [5.41, 5.74) is 17.5. The Kier molecular flexibility index (Phi) is 22.8. The molecule has 0 atom stereocenters. The highest BCUT2D eigenvalue weighted by atomic mass is 79.9. The second kappa shape index (κ2) is 32.0. The summed E-state index contributed by atoms with van der Waals surface area (Å²) >= 11 is 14.7. The summed E-state index contributed by atoms with van der Waals surface area (Å²) in [6, 6.07) is 30.5. The van der Waals surface area contributed by atoms with Crippen LogP contribution in [0.1, 0.15) is 71.6 Å². The maximum atomic E-state index is 14.8. The molecule has 0 bridgehead atoms. The van der Waals surface area contributed by atoms with Crippen LogP contribution in [0, 0.1) is 51.0 Å². The van der Waals surface area contributed by atoms with Crippen molar-refractivity contribution in [3.63, 3.8) is 0 Å². The molecule has 15 rings (SSSR count). The third kappa shape index (κ3) is 17.5. The van der Waals surface area contributed by atoms with Gasteiger partial charge in [0.25, 0.3) is 0 Å². The van der Waals surface area contributed by atoms with Crippen LogP contribution in [-0.4, -0.2) is 84.2 Å². The van der Waals surface area contributed by atoms with Crippen molar-refractivity contribution in [1.29, 1.82) is 0 Å². The summed E-state index contributed by atoms with van der Waals surface area (Å²) in [5, 5.41) is 8.06. The first-order chi connectivity index (χ1) is 47.7. The van der Waals surface area contributed by atoms with E-state index >= 15 is 0 Å². The summed E-state index contributed by atoms with van der Waals surface area (Å²) in [4.78, 5) is 59.8. The van der Waals surface area contributed by atoms with Gasteiger partial charge in [-0.15, -0.1) is 22.7 Å². The van der Waals surface area contributed by atoms with Gasteiger partial charge in [-0.1, -0.05) is 47.0 Å². The lowest BCUT2D eigenvalue weighted by Crippen LogP contribution is -2.33. The number of aromatic nitrogens is 11. The number of aryl methyl sites for hydroxylation is 4. The fourth-order valence-corrected chi connectivity index (χ4v) is 15.1. The average molecular weight is 1490 g/mol. The van der Waals surface area contributed by atoms with Crippen molar-refractivity contribution in [3.8, 4) is 64.8 Å². The molecule has 0 amide bonds. The first kappa shape index (κ1) is 70.7. The number of anilines is 2. The average Bonchev–Trinajstić information content (AvgIpc) is 1.61. The van der Waals surface area contributed by atoms with Gasteiger partial charge in [-0.05, 0) is 173 Å². The number of ether oxygens (including phenoxy) is 1. The number of hydrogen-bond acceptors (Lipinski definition) is 18. The highest BCUT2D eigenvalue weighted by molar-refractivity contribution is 9.11. The maximum absolute atomic E-state index is 14.8.